The van der Waals surface area contributed by atoms with Gasteiger partial charge in [-0.25, -0.2) is 18.4 Å². The van der Waals surface area contributed by atoms with E-state index in [1.165, 1.54) is 41.4 Å². The molecule has 0 atom stereocenters. The Hall–Kier alpha value is -3.92. The summed E-state index contributed by atoms with van der Waals surface area (Å²) in [5.74, 6) is -3.25. The number of alkyl halides is 2. The first kappa shape index (κ1) is 23.8. The molecule has 1 saturated heterocycles. The van der Waals surface area contributed by atoms with E-state index in [1.807, 2.05) is 30.3 Å². The van der Waals surface area contributed by atoms with Crippen molar-refractivity contribution in [1.29, 1.82) is 0 Å². The third-order valence-electron chi connectivity index (χ3n) is 6.64. The van der Waals surface area contributed by atoms with Gasteiger partial charge in [-0.1, -0.05) is 30.3 Å². The highest BCUT2D eigenvalue weighted by atomic mass is 19.3. The summed E-state index contributed by atoms with van der Waals surface area (Å²) in [6, 6.07) is 14.7. The number of amides is 1. The number of aliphatic hydroxyl groups is 1. The monoisotopic (exact) mass is 493 g/mol. The van der Waals surface area contributed by atoms with E-state index >= 15 is 0 Å². The molecule has 186 valence electrons. The lowest BCUT2D eigenvalue weighted by Crippen LogP contribution is -2.49. The molecule has 36 heavy (non-hydrogen) atoms. The number of benzene rings is 2. The molecule has 1 aliphatic heterocycles. The zero-order valence-corrected chi connectivity index (χ0v) is 19.6. The Kier molecular flexibility index (Phi) is 5.91. The largest absolute Gasteiger partial charge is 0.388 e. The minimum atomic E-state index is -2.97. The van der Waals surface area contributed by atoms with Gasteiger partial charge < -0.3 is 10.0 Å². The summed E-state index contributed by atoms with van der Waals surface area (Å²) in [7, 11) is 0. The minimum Gasteiger partial charge on any atom is -0.388 e. The number of para-hydroxylation sites is 1. The van der Waals surface area contributed by atoms with Crippen molar-refractivity contribution in [3.8, 4) is 5.69 Å². The van der Waals surface area contributed by atoms with Crippen LogP contribution in [0.5, 0.6) is 0 Å². The Balaban J connectivity index is 1.28. The van der Waals surface area contributed by atoms with Crippen molar-refractivity contribution in [3.05, 3.63) is 88.6 Å². The second kappa shape index (κ2) is 8.94. The molecule has 0 aliphatic carbocycles. The van der Waals surface area contributed by atoms with E-state index in [-0.39, 0.29) is 49.5 Å². The molecule has 8 nitrogen and oxygen atoms in total. The second-order valence-corrected chi connectivity index (χ2v) is 9.29. The molecular weight excluding hydrogens is 468 g/mol. The quantitative estimate of drug-likeness (QED) is 0.460. The zero-order valence-electron chi connectivity index (χ0n) is 19.6. The molecule has 3 heterocycles. The molecule has 0 saturated carbocycles. The number of carbonyl (C=O) groups is 1. The van der Waals surface area contributed by atoms with Gasteiger partial charge in [-0.3, -0.25) is 14.2 Å². The van der Waals surface area contributed by atoms with E-state index < -0.39 is 11.5 Å². The summed E-state index contributed by atoms with van der Waals surface area (Å²) in [6.45, 7) is 1.39. The van der Waals surface area contributed by atoms with Crippen LogP contribution in [-0.2, 0) is 12.5 Å². The smallest absolute Gasteiger partial charge is 0.270 e. The summed E-state index contributed by atoms with van der Waals surface area (Å²) in [5.41, 5.74) is -0.124. The summed E-state index contributed by atoms with van der Waals surface area (Å²) in [4.78, 5) is 31.9. The minimum absolute atomic E-state index is 0.0353. The molecule has 0 unspecified atom stereocenters. The fraction of sp³-hybridized carbons (Fsp3) is 0.308. The Morgan fingerprint density at radius 3 is 2.39 bits per heavy atom. The van der Waals surface area contributed by atoms with Crippen molar-refractivity contribution in [2.45, 2.75) is 37.8 Å². The van der Waals surface area contributed by atoms with Crippen LogP contribution in [-0.4, -0.2) is 53.9 Å². The summed E-state index contributed by atoms with van der Waals surface area (Å²) >= 11 is 0. The first-order valence-electron chi connectivity index (χ1n) is 11.6. The van der Waals surface area contributed by atoms with Gasteiger partial charge in [-0.15, -0.1) is 0 Å². The molecule has 2 aromatic carbocycles. The lowest BCUT2D eigenvalue weighted by atomic mass is 9.90. The molecule has 1 aliphatic rings. The summed E-state index contributed by atoms with van der Waals surface area (Å²) in [5, 5.41) is 15.8. The number of nitrogens with zero attached hydrogens (tertiary/aromatic N) is 5. The van der Waals surface area contributed by atoms with Crippen LogP contribution in [0.2, 0.25) is 0 Å². The zero-order chi connectivity index (χ0) is 25.5. The number of aromatic nitrogens is 4. The maximum Gasteiger partial charge on any atom is 0.270 e. The average Bonchev–Trinajstić information content (AvgIpc) is 3.31. The van der Waals surface area contributed by atoms with Gasteiger partial charge in [0.2, 0.25) is 0 Å². The first-order chi connectivity index (χ1) is 17.1. The summed E-state index contributed by atoms with van der Waals surface area (Å²) in [6.07, 6.45) is 3.40. The van der Waals surface area contributed by atoms with Crippen molar-refractivity contribution in [1.82, 2.24) is 24.2 Å². The molecule has 0 spiro atoms. The van der Waals surface area contributed by atoms with Crippen molar-refractivity contribution >= 4 is 16.9 Å². The average molecular weight is 494 g/mol. The van der Waals surface area contributed by atoms with Crippen LogP contribution in [0.4, 0.5) is 8.78 Å². The maximum absolute atomic E-state index is 13.4. The van der Waals surface area contributed by atoms with Gasteiger partial charge in [-0.05, 0) is 37.1 Å². The van der Waals surface area contributed by atoms with E-state index in [0.29, 0.717) is 16.6 Å². The maximum atomic E-state index is 13.4. The first-order valence-corrected chi connectivity index (χ1v) is 11.6. The predicted molar refractivity (Wildman–Crippen MR) is 129 cm³/mol. The van der Waals surface area contributed by atoms with Crippen molar-refractivity contribution in [3.63, 3.8) is 0 Å². The SMILES string of the molecule is CC(F)(F)c1ccc(C(=O)N2CCC(O)(Cn3cnc4c(cnn4-c4ccccc4)c3=O)CC2)cc1. The molecule has 0 bridgehead atoms. The lowest BCUT2D eigenvalue weighted by molar-refractivity contribution is -0.0299. The van der Waals surface area contributed by atoms with E-state index in [4.69, 9.17) is 0 Å². The molecule has 2 aromatic heterocycles. The Morgan fingerprint density at radius 2 is 1.75 bits per heavy atom. The molecule has 4 aromatic rings. The number of fused-ring (bicyclic) bond motifs is 1. The van der Waals surface area contributed by atoms with Crippen LogP contribution < -0.4 is 5.56 Å². The number of rotatable bonds is 5. The van der Waals surface area contributed by atoms with E-state index in [9.17, 15) is 23.5 Å². The van der Waals surface area contributed by atoms with Crippen molar-refractivity contribution in [2.75, 3.05) is 13.1 Å². The normalized spacial score (nSPS) is 15.8. The molecule has 5 rings (SSSR count). The second-order valence-electron chi connectivity index (χ2n) is 9.29. The number of likely N-dealkylation sites (tertiary alicyclic amines) is 1. The number of hydrogen-bond donors (Lipinski definition) is 1. The fourth-order valence-electron chi connectivity index (χ4n) is 4.51. The molecule has 1 fully saturated rings. The standard InChI is InChI=1S/C26H25F2N5O3/c1-25(27,28)19-9-7-18(8-10-19)23(34)31-13-11-26(36,12-14-31)16-32-17-29-22-21(24(32)35)15-30-33(22)20-5-3-2-4-6-20/h2-10,15,17,36H,11-14,16H2,1H3. The molecule has 1 amide bonds. The fourth-order valence-corrected chi connectivity index (χ4v) is 4.51. The highest BCUT2D eigenvalue weighted by Crippen LogP contribution is 2.28. The number of piperidine rings is 1. The van der Waals surface area contributed by atoms with Crippen LogP contribution in [0, 0.1) is 0 Å². The Morgan fingerprint density at radius 1 is 1.08 bits per heavy atom. The van der Waals surface area contributed by atoms with Crippen LogP contribution >= 0.6 is 0 Å². The van der Waals surface area contributed by atoms with Gasteiger partial charge in [0.25, 0.3) is 17.4 Å². The van der Waals surface area contributed by atoms with Crippen molar-refractivity contribution in [2.24, 2.45) is 0 Å². The number of hydrogen-bond acceptors (Lipinski definition) is 5. The van der Waals surface area contributed by atoms with Gasteiger partial charge in [0.1, 0.15) is 11.7 Å². The van der Waals surface area contributed by atoms with Crippen LogP contribution in [0.1, 0.15) is 35.7 Å². The van der Waals surface area contributed by atoms with Gasteiger partial charge in [0, 0.05) is 31.1 Å². The molecule has 1 N–H and O–H groups in total. The number of halogens is 2. The van der Waals surface area contributed by atoms with Crippen LogP contribution in [0.3, 0.4) is 0 Å². The molecule has 0 radical (unpaired) electrons. The molecule has 10 heteroatoms. The van der Waals surface area contributed by atoms with Crippen molar-refractivity contribution < 1.29 is 18.7 Å². The summed E-state index contributed by atoms with van der Waals surface area (Å²) < 4.78 is 29.9. The van der Waals surface area contributed by atoms with Gasteiger partial charge in [0.05, 0.1) is 24.0 Å². The third-order valence-corrected chi connectivity index (χ3v) is 6.64. The Bertz CT molecular complexity index is 1450. The van der Waals surface area contributed by atoms with E-state index in [0.717, 1.165) is 12.6 Å². The van der Waals surface area contributed by atoms with E-state index in [1.54, 1.807) is 9.58 Å². The lowest BCUT2D eigenvalue weighted by Gasteiger charge is -2.38. The topological polar surface area (TPSA) is 93.2 Å². The molecular formula is C26H25F2N5O3. The van der Waals surface area contributed by atoms with Crippen LogP contribution in [0.15, 0.2) is 71.9 Å². The number of carbonyl (C=O) groups excluding carboxylic acids is 1. The van der Waals surface area contributed by atoms with E-state index in [2.05, 4.69) is 10.1 Å². The predicted octanol–water partition coefficient (Wildman–Crippen LogP) is 3.36. The van der Waals surface area contributed by atoms with Gasteiger partial charge in [0.15, 0.2) is 5.65 Å². The highest BCUT2D eigenvalue weighted by molar-refractivity contribution is 5.94. The van der Waals surface area contributed by atoms with Gasteiger partial charge in [-0.2, -0.15) is 5.10 Å². The Labute approximate surface area is 205 Å². The van der Waals surface area contributed by atoms with Crippen LogP contribution in [0.25, 0.3) is 16.7 Å². The van der Waals surface area contributed by atoms with Gasteiger partial charge >= 0.3 is 0 Å². The highest BCUT2D eigenvalue weighted by Gasteiger charge is 2.35. The third kappa shape index (κ3) is 4.51.